The molecule has 0 bridgehead atoms. The summed E-state index contributed by atoms with van der Waals surface area (Å²) in [4.78, 5) is 12.7. The molecule has 1 saturated carbocycles. The second-order valence-electron chi connectivity index (χ2n) is 8.81. The van der Waals surface area contributed by atoms with Gasteiger partial charge >= 0.3 is 5.97 Å². The molecule has 2 aliphatic heterocycles. The standard InChI is InChI=1S/C26H28FN3O4/c1-29-28-12-13-30(29)20-8-9-23(32-2)22(14-20)18-15-26(34-16-18)11-10-21(25(31)33-3)24(26)17-4-6-19(27)7-5-17/h4-9,12-15,21,24,28H,10-11,16H2,1-3H3/t21-,24+,26+/m0/s1. The molecular weight excluding hydrogens is 437 g/mol. The Hall–Kier alpha value is -3.36. The first-order chi connectivity index (χ1) is 16.5. The second kappa shape index (κ2) is 8.77. The molecule has 3 aliphatic rings. The molecule has 1 N–H and O–H groups in total. The van der Waals surface area contributed by atoms with Gasteiger partial charge in [0, 0.05) is 30.9 Å². The van der Waals surface area contributed by atoms with Crippen LogP contribution < -0.4 is 15.2 Å². The zero-order chi connectivity index (χ0) is 23.9. The van der Waals surface area contributed by atoms with Crippen LogP contribution in [-0.4, -0.2) is 44.6 Å². The normalized spacial score (nSPS) is 26.1. The lowest BCUT2D eigenvalue weighted by atomic mass is 9.79. The molecule has 2 heterocycles. The Morgan fingerprint density at radius 1 is 1.21 bits per heavy atom. The summed E-state index contributed by atoms with van der Waals surface area (Å²) >= 11 is 0. The summed E-state index contributed by atoms with van der Waals surface area (Å²) in [7, 11) is 4.98. The van der Waals surface area contributed by atoms with E-state index in [1.54, 1.807) is 19.2 Å². The van der Waals surface area contributed by atoms with E-state index < -0.39 is 5.60 Å². The van der Waals surface area contributed by atoms with Gasteiger partial charge < -0.3 is 19.6 Å². The fraction of sp³-hybridized carbons (Fsp3) is 0.346. The van der Waals surface area contributed by atoms with Gasteiger partial charge in [0.05, 0.1) is 38.0 Å². The first-order valence-electron chi connectivity index (χ1n) is 11.3. The van der Waals surface area contributed by atoms with Gasteiger partial charge in [-0.3, -0.25) is 9.80 Å². The van der Waals surface area contributed by atoms with Gasteiger partial charge in [-0.1, -0.05) is 12.1 Å². The third-order valence-corrected chi connectivity index (χ3v) is 7.02. The number of methoxy groups -OCH3 is 2. The van der Waals surface area contributed by atoms with Gasteiger partial charge in [0.15, 0.2) is 0 Å². The van der Waals surface area contributed by atoms with Crippen LogP contribution in [0.15, 0.2) is 60.9 Å². The number of hydrazine groups is 2. The molecule has 8 heteroatoms. The predicted octanol–water partition coefficient (Wildman–Crippen LogP) is 4.00. The Kier molecular flexibility index (Phi) is 5.79. The van der Waals surface area contributed by atoms with Crippen molar-refractivity contribution in [2.24, 2.45) is 5.92 Å². The summed E-state index contributed by atoms with van der Waals surface area (Å²) < 4.78 is 30.9. The maximum absolute atomic E-state index is 13.7. The van der Waals surface area contributed by atoms with E-state index in [1.165, 1.54) is 19.2 Å². The van der Waals surface area contributed by atoms with Gasteiger partial charge in [0.1, 0.15) is 11.6 Å². The number of benzene rings is 2. The van der Waals surface area contributed by atoms with Crippen LogP contribution in [-0.2, 0) is 14.3 Å². The quantitative estimate of drug-likeness (QED) is 0.670. The molecule has 0 amide bonds. The molecular formula is C26H28FN3O4. The summed E-state index contributed by atoms with van der Waals surface area (Å²) in [6.07, 6.45) is 7.23. The van der Waals surface area contributed by atoms with Crippen molar-refractivity contribution < 1.29 is 23.4 Å². The predicted molar refractivity (Wildman–Crippen MR) is 126 cm³/mol. The fourth-order valence-corrected chi connectivity index (χ4v) is 5.43. The highest BCUT2D eigenvalue weighted by molar-refractivity contribution is 5.79. The van der Waals surface area contributed by atoms with E-state index in [2.05, 4.69) is 17.6 Å². The molecule has 1 spiro atoms. The number of nitrogens with zero attached hydrogens (tertiary/aromatic N) is 2. The molecule has 0 saturated heterocycles. The number of carbonyl (C=O) groups excluding carboxylic acids is 1. The van der Waals surface area contributed by atoms with Crippen molar-refractivity contribution >= 4 is 17.2 Å². The van der Waals surface area contributed by atoms with E-state index in [0.29, 0.717) is 19.4 Å². The molecule has 7 nitrogen and oxygen atoms in total. The lowest BCUT2D eigenvalue weighted by molar-refractivity contribution is -0.146. The Morgan fingerprint density at radius 2 is 2.00 bits per heavy atom. The summed E-state index contributed by atoms with van der Waals surface area (Å²) in [6, 6.07) is 12.3. The smallest absolute Gasteiger partial charge is 0.309 e. The van der Waals surface area contributed by atoms with Crippen molar-refractivity contribution in [2.75, 3.05) is 32.9 Å². The summed E-state index contributed by atoms with van der Waals surface area (Å²) in [5, 5.41) is 3.86. The van der Waals surface area contributed by atoms with Crippen molar-refractivity contribution in [1.82, 2.24) is 10.5 Å². The molecule has 34 heavy (non-hydrogen) atoms. The maximum atomic E-state index is 13.7. The van der Waals surface area contributed by atoms with E-state index in [-0.39, 0.29) is 23.6 Å². The Bertz CT molecular complexity index is 1150. The van der Waals surface area contributed by atoms with Crippen molar-refractivity contribution in [3.05, 3.63) is 77.9 Å². The number of ether oxygens (including phenoxy) is 3. The van der Waals surface area contributed by atoms with Crippen LogP contribution in [0, 0.1) is 11.7 Å². The van der Waals surface area contributed by atoms with Gasteiger partial charge in [-0.25, -0.2) is 4.39 Å². The van der Waals surface area contributed by atoms with Crippen LogP contribution in [0.25, 0.3) is 5.57 Å². The number of carbonyl (C=O) groups is 1. The van der Waals surface area contributed by atoms with Crippen LogP contribution in [0.4, 0.5) is 10.1 Å². The molecule has 2 aromatic rings. The number of rotatable bonds is 5. The first-order valence-corrected chi connectivity index (χ1v) is 11.3. The molecule has 178 valence electrons. The molecule has 1 aliphatic carbocycles. The van der Waals surface area contributed by atoms with Gasteiger partial charge in [-0.15, -0.1) is 5.12 Å². The van der Waals surface area contributed by atoms with E-state index in [1.807, 2.05) is 41.7 Å². The molecule has 0 radical (unpaired) electrons. The van der Waals surface area contributed by atoms with Crippen molar-refractivity contribution in [3.8, 4) is 5.75 Å². The van der Waals surface area contributed by atoms with Crippen molar-refractivity contribution in [2.45, 2.75) is 24.4 Å². The highest BCUT2D eigenvalue weighted by Crippen LogP contribution is 2.54. The molecule has 2 aromatic carbocycles. The van der Waals surface area contributed by atoms with Crippen LogP contribution in [0.3, 0.4) is 0 Å². The SMILES string of the molecule is COC(=O)[C@H]1CC[C@@]2(C=C(c3cc(N4C=CNN4C)ccc3OC)CO2)[C@@H]1c1ccc(F)cc1. The Morgan fingerprint density at radius 3 is 2.68 bits per heavy atom. The number of esters is 1. The van der Waals surface area contributed by atoms with E-state index in [9.17, 15) is 9.18 Å². The summed E-state index contributed by atoms with van der Waals surface area (Å²) in [5.74, 6) is -0.480. The Labute approximate surface area is 198 Å². The number of nitrogens with one attached hydrogen (secondary N) is 1. The van der Waals surface area contributed by atoms with Crippen LogP contribution in [0.1, 0.15) is 29.9 Å². The summed E-state index contributed by atoms with van der Waals surface area (Å²) in [5.41, 5.74) is 6.19. The zero-order valence-corrected chi connectivity index (χ0v) is 19.5. The lowest BCUT2D eigenvalue weighted by Crippen LogP contribution is -2.37. The minimum absolute atomic E-state index is 0.271. The van der Waals surface area contributed by atoms with E-state index in [4.69, 9.17) is 14.2 Å². The van der Waals surface area contributed by atoms with Gasteiger partial charge in [0.2, 0.25) is 0 Å². The van der Waals surface area contributed by atoms with Crippen molar-refractivity contribution in [1.29, 1.82) is 0 Å². The van der Waals surface area contributed by atoms with Crippen LogP contribution in [0.5, 0.6) is 5.75 Å². The zero-order valence-electron chi connectivity index (χ0n) is 19.5. The van der Waals surface area contributed by atoms with Crippen LogP contribution >= 0.6 is 0 Å². The van der Waals surface area contributed by atoms with E-state index >= 15 is 0 Å². The minimum atomic E-state index is -0.682. The molecule has 5 rings (SSSR count). The molecule has 0 unspecified atom stereocenters. The molecule has 3 atom stereocenters. The monoisotopic (exact) mass is 465 g/mol. The molecule has 1 fully saturated rings. The largest absolute Gasteiger partial charge is 0.496 e. The highest BCUT2D eigenvalue weighted by Gasteiger charge is 2.54. The number of anilines is 1. The first kappa shape index (κ1) is 22.4. The lowest BCUT2D eigenvalue weighted by Gasteiger charge is -2.31. The average Bonchev–Trinajstić information content (AvgIpc) is 3.58. The Balaban J connectivity index is 1.56. The van der Waals surface area contributed by atoms with Gasteiger partial charge in [0.25, 0.3) is 0 Å². The average molecular weight is 466 g/mol. The second-order valence-corrected chi connectivity index (χ2v) is 8.81. The van der Waals surface area contributed by atoms with Crippen molar-refractivity contribution in [3.63, 3.8) is 0 Å². The number of hydrogen-bond donors (Lipinski definition) is 1. The summed E-state index contributed by atoms with van der Waals surface area (Å²) in [6.45, 7) is 0.384. The van der Waals surface area contributed by atoms with Gasteiger partial charge in [-0.05, 0) is 60.4 Å². The number of hydrogen-bond acceptors (Lipinski definition) is 7. The third-order valence-electron chi connectivity index (χ3n) is 7.02. The minimum Gasteiger partial charge on any atom is -0.496 e. The van der Waals surface area contributed by atoms with Gasteiger partial charge in [-0.2, -0.15) is 0 Å². The number of halogens is 1. The molecule has 0 aromatic heterocycles. The fourth-order valence-electron chi connectivity index (χ4n) is 5.43. The van der Waals surface area contributed by atoms with E-state index in [0.717, 1.165) is 28.1 Å². The highest BCUT2D eigenvalue weighted by atomic mass is 19.1. The van der Waals surface area contributed by atoms with Crippen LogP contribution in [0.2, 0.25) is 0 Å². The topological polar surface area (TPSA) is 63.3 Å². The third kappa shape index (κ3) is 3.73. The maximum Gasteiger partial charge on any atom is 0.309 e.